The first-order valence-corrected chi connectivity index (χ1v) is 5.84. The molecule has 0 aliphatic carbocycles. The fourth-order valence-electron chi connectivity index (χ4n) is 1.16. The highest BCUT2D eigenvalue weighted by molar-refractivity contribution is 6.36. The van der Waals surface area contributed by atoms with E-state index in [2.05, 4.69) is 10.6 Å². The Balaban J connectivity index is 2.49. The van der Waals surface area contributed by atoms with Gasteiger partial charge in [0.25, 0.3) is 0 Å². The number of anilines is 1. The largest absolute Gasteiger partial charge is 0.324 e. The number of hydrogen-bond acceptors (Lipinski definition) is 2. The smallest absolute Gasteiger partial charge is 0.238 e. The Kier molecular flexibility index (Phi) is 5.60. The lowest BCUT2D eigenvalue weighted by atomic mass is 10.3. The Bertz CT molecular complexity index is 369. The van der Waals surface area contributed by atoms with E-state index in [1.807, 2.05) is 6.92 Å². The number of rotatable bonds is 5. The maximum atomic E-state index is 11.5. The summed E-state index contributed by atoms with van der Waals surface area (Å²) in [5.74, 6) is -0.113. The van der Waals surface area contributed by atoms with Crippen molar-refractivity contribution in [1.82, 2.24) is 5.32 Å². The quantitative estimate of drug-likeness (QED) is 0.800. The first-order chi connectivity index (χ1) is 7.63. The van der Waals surface area contributed by atoms with Crippen LogP contribution in [0.5, 0.6) is 0 Å². The van der Waals surface area contributed by atoms with Crippen LogP contribution in [0.3, 0.4) is 0 Å². The minimum absolute atomic E-state index is 0.113. The van der Waals surface area contributed by atoms with Gasteiger partial charge in [0.1, 0.15) is 0 Å². The SMILES string of the molecule is CCCNCC(=O)Nc1ccc(Cl)cc1Cl. The Hall–Kier alpha value is -0.770. The number of amides is 1. The van der Waals surface area contributed by atoms with E-state index in [9.17, 15) is 4.79 Å². The number of nitrogens with one attached hydrogen (secondary N) is 2. The highest BCUT2D eigenvalue weighted by Crippen LogP contribution is 2.25. The van der Waals surface area contributed by atoms with Crippen molar-refractivity contribution in [3.05, 3.63) is 28.2 Å². The Morgan fingerprint density at radius 1 is 1.38 bits per heavy atom. The summed E-state index contributed by atoms with van der Waals surface area (Å²) in [6.45, 7) is 3.15. The highest BCUT2D eigenvalue weighted by Gasteiger charge is 2.05. The topological polar surface area (TPSA) is 41.1 Å². The van der Waals surface area contributed by atoms with Gasteiger partial charge in [0.2, 0.25) is 5.91 Å². The van der Waals surface area contributed by atoms with Gasteiger partial charge in [-0.2, -0.15) is 0 Å². The molecule has 0 unspecified atom stereocenters. The lowest BCUT2D eigenvalue weighted by molar-refractivity contribution is -0.115. The van der Waals surface area contributed by atoms with Gasteiger partial charge in [0.15, 0.2) is 0 Å². The van der Waals surface area contributed by atoms with Crippen LogP contribution < -0.4 is 10.6 Å². The second-order valence-electron chi connectivity index (χ2n) is 3.35. The molecular weight excluding hydrogens is 247 g/mol. The van der Waals surface area contributed by atoms with Crippen molar-refractivity contribution < 1.29 is 4.79 Å². The number of benzene rings is 1. The maximum absolute atomic E-state index is 11.5. The average molecular weight is 261 g/mol. The second-order valence-corrected chi connectivity index (χ2v) is 4.19. The van der Waals surface area contributed by atoms with Crippen molar-refractivity contribution in [3.8, 4) is 0 Å². The van der Waals surface area contributed by atoms with E-state index in [1.54, 1.807) is 18.2 Å². The lowest BCUT2D eigenvalue weighted by Gasteiger charge is -2.07. The minimum Gasteiger partial charge on any atom is -0.324 e. The molecule has 0 radical (unpaired) electrons. The zero-order valence-electron chi connectivity index (χ0n) is 9.02. The Labute approximate surface area is 105 Å². The third-order valence-corrected chi connectivity index (χ3v) is 2.47. The van der Waals surface area contributed by atoms with Gasteiger partial charge >= 0.3 is 0 Å². The summed E-state index contributed by atoms with van der Waals surface area (Å²) < 4.78 is 0. The summed E-state index contributed by atoms with van der Waals surface area (Å²) in [5, 5.41) is 6.70. The summed E-state index contributed by atoms with van der Waals surface area (Å²) in [7, 11) is 0. The van der Waals surface area contributed by atoms with Crippen LogP contribution >= 0.6 is 23.2 Å². The molecule has 0 fully saturated rings. The summed E-state index contributed by atoms with van der Waals surface area (Å²) in [6.07, 6.45) is 0.995. The van der Waals surface area contributed by atoms with Gasteiger partial charge in [0, 0.05) is 5.02 Å². The van der Waals surface area contributed by atoms with Crippen LogP contribution in [0.1, 0.15) is 13.3 Å². The summed E-state index contributed by atoms with van der Waals surface area (Å²) in [5.41, 5.74) is 0.578. The molecule has 1 amide bonds. The zero-order chi connectivity index (χ0) is 12.0. The zero-order valence-corrected chi connectivity index (χ0v) is 10.5. The van der Waals surface area contributed by atoms with Crippen molar-refractivity contribution in [2.24, 2.45) is 0 Å². The van der Waals surface area contributed by atoms with Crippen LogP contribution in [0.4, 0.5) is 5.69 Å². The van der Waals surface area contributed by atoms with Gasteiger partial charge in [0.05, 0.1) is 17.3 Å². The normalized spacial score (nSPS) is 10.2. The molecule has 0 aliphatic heterocycles. The van der Waals surface area contributed by atoms with Crippen molar-refractivity contribution >= 4 is 34.8 Å². The maximum Gasteiger partial charge on any atom is 0.238 e. The molecule has 16 heavy (non-hydrogen) atoms. The van der Waals surface area contributed by atoms with Crippen LogP contribution in [0.25, 0.3) is 0 Å². The predicted molar refractivity (Wildman–Crippen MR) is 68.3 cm³/mol. The van der Waals surface area contributed by atoms with Gasteiger partial charge in [-0.1, -0.05) is 30.1 Å². The van der Waals surface area contributed by atoms with Crippen LogP contribution in [0, 0.1) is 0 Å². The third-order valence-electron chi connectivity index (χ3n) is 1.92. The van der Waals surface area contributed by atoms with E-state index < -0.39 is 0 Å². The second kappa shape index (κ2) is 6.74. The van der Waals surface area contributed by atoms with E-state index in [0.717, 1.165) is 13.0 Å². The minimum atomic E-state index is -0.113. The van der Waals surface area contributed by atoms with Crippen LogP contribution in [-0.4, -0.2) is 19.0 Å². The van der Waals surface area contributed by atoms with Gasteiger partial charge in [-0.3, -0.25) is 4.79 Å². The molecule has 0 bridgehead atoms. The van der Waals surface area contributed by atoms with E-state index in [4.69, 9.17) is 23.2 Å². The molecule has 3 nitrogen and oxygen atoms in total. The van der Waals surface area contributed by atoms with E-state index >= 15 is 0 Å². The molecule has 1 aromatic rings. The molecule has 0 saturated heterocycles. The van der Waals surface area contributed by atoms with E-state index in [0.29, 0.717) is 15.7 Å². The Morgan fingerprint density at radius 3 is 2.75 bits per heavy atom. The first kappa shape index (κ1) is 13.3. The highest BCUT2D eigenvalue weighted by atomic mass is 35.5. The molecule has 0 aliphatic rings. The molecule has 0 heterocycles. The molecule has 2 N–H and O–H groups in total. The molecule has 0 saturated carbocycles. The molecule has 0 aromatic heterocycles. The van der Waals surface area contributed by atoms with Crippen molar-refractivity contribution in [2.75, 3.05) is 18.4 Å². The number of halogens is 2. The fourth-order valence-corrected chi connectivity index (χ4v) is 1.62. The molecule has 0 atom stereocenters. The van der Waals surface area contributed by atoms with Crippen LogP contribution in [0.2, 0.25) is 10.0 Å². The number of carbonyl (C=O) groups excluding carboxylic acids is 1. The molecular formula is C11H14Cl2N2O. The number of carbonyl (C=O) groups is 1. The first-order valence-electron chi connectivity index (χ1n) is 5.09. The van der Waals surface area contributed by atoms with Gasteiger partial charge < -0.3 is 10.6 Å². The van der Waals surface area contributed by atoms with Crippen molar-refractivity contribution in [3.63, 3.8) is 0 Å². The van der Waals surface area contributed by atoms with Crippen molar-refractivity contribution in [2.45, 2.75) is 13.3 Å². The van der Waals surface area contributed by atoms with E-state index in [-0.39, 0.29) is 12.5 Å². The summed E-state index contributed by atoms with van der Waals surface area (Å²) in [6, 6.07) is 4.96. The third kappa shape index (κ3) is 4.39. The molecule has 5 heteroatoms. The van der Waals surface area contributed by atoms with Gasteiger partial charge in [-0.25, -0.2) is 0 Å². The summed E-state index contributed by atoms with van der Waals surface area (Å²) in [4.78, 5) is 11.5. The van der Waals surface area contributed by atoms with Crippen molar-refractivity contribution in [1.29, 1.82) is 0 Å². The van der Waals surface area contributed by atoms with Gasteiger partial charge in [-0.05, 0) is 31.2 Å². The van der Waals surface area contributed by atoms with Gasteiger partial charge in [-0.15, -0.1) is 0 Å². The van der Waals surface area contributed by atoms with Crippen LogP contribution in [0.15, 0.2) is 18.2 Å². The molecule has 88 valence electrons. The molecule has 1 rings (SSSR count). The number of hydrogen-bond donors (Lipinski definition) is 2. The summed E-state index contributed by atoms with van der Waals surface area (Å²) >= 11 is 11.7. The standard InChI is InChI=1S/C11H14Cl2N2O/c1-2-5-14-7-11(16)15-10-4-3-8(12)6-9(10)13/h3-4,6,14H,2,5,7H2,1H3,(H,15,16). The predicted octanol–water partition coefficient (Wildman–Crippen LogP) is 2.93. The Morgan fingerprint density at radius 2 is 2.12 bits per heavy atom. The monoisotopic (exact) mass is 260 g/mol. The molecule has 1 aromatic carbocycles. The lowest BCUT2D eigenvalue weighted by Crippen LogP contribution is -2.28. The fraction of sp³-hybridized carbons (Fsp3) is 0.364. The average Bonchev–Trinajstić information content (AvgIpc) is 2.23. The molecule has 0 spiro atoms. The van der Waals surface area contributed by atoms with E-state index in [1.165, 1.54) is 0 Å². The van der Waals surface area contributed by atoms with Crippen LogP contribution in [-0.2, 0) is 4.79 Å².